The average Bonchev–Trinajstić information content (AvgIpc) is 3.72. The summed E-state index contributed by atoms with van der Waals surface area (Å²) in [4.78, 5) is 42.2. The maximum Gasteiger partial charge on any atom is 0.264 e. The van der Waals surface area contributed by atoms with Gasteiger partial charge in [0.25, 0.3) is 5.91 Å². The first-order valence-corrected chi connectivity index (χ1v) is 16.3. The van der Waals surface area contributed by atoms with Crippen molar-refractivity contribution in [3.63, 3.8) is 0 Å². The molecule has 0 unspecified atom stereocenters. The second-order valence-corrected chi connectivity index (χ2v) is 13.9. The highest BCUT2D eigenvalue weighted by Crippen LogP contribution is 2.50. The standard InChI is InChI=1S/C31H34FN3O6S/c1-42(40,41)26(32)16-20(15-18-13-14-33-28(18)36)34-29(37)27-21-10-6-7-19(21)17-35(27)30(38)31(39)24-11-4-2-8-22(24)23-9-3-5-12-25(23)31/h2-5,8-9,11-12,16,18-21,27,39H,6-7,10,13-15,17H2,1H3,(H,33,36)(H,34,37)/b26-16+/t18-,19-,20+,21-,27-/m0/s1. The molecule has 0 aromatic heterocycles. The van der Waals surface area contributed by atoms with E-state index in [9.17, 15) is 32.3 Å². The van der Waals surface area contributed by atoms with Crippen LogP contribution >= 0.6 is 0 Å². The molecule has 2 heterocycles. The largest absolute Gasteiger partial charge is 0.372 e. The van der Waals surface area contributed by atoms with Crippen molar-refractivity contribution in [1.29, 1.82) is 0 Å². The molecule has 11 heteroatoms. The lowest BCUT2D eigenvalue weighted by Gasteiger charge is -2.34. The molecular weight excluding hydrogens is 561 g/mol. The zero-order valence-corrected chi connectivity index (χ0v) is 24.1. The van der Waals surface area contributed by atoms with Gasteiger partial charge in [0, 0.05) is 36.4 Å². The number of nitrogens with one attached hydrogen (secondary N) is 2. The van der Waals surface area contributed by atoms with Gasteiger partial charge >= 0.3 is 0 Å². The predicted octanol–water partition coefficient (Wildman–Crippen LogP) is 2.40. The summed E-state index contributed by atoms with van der Waals surface area (Å²) >= 11 is 0. The van der Waals surface area contributed by atoms with E-state index < -0.39 is 50.4 Å². The number of carbonyl (C=O) groups is 3. The second-order valence-electron chi connectivity index (χ2n) is 11.9. The molecule has 5 atom stereocenters. The number of rotatable bonds is 7. The number of carbonyl (C=O) groups excluding carboxylic acids is 3. The zero-order chi connectivity index (χ0) is 29.8. The van der Waals surface area contributed by atoms with Gasteiger partial charge in [0.1, 0.15) is 6.04 Å². The molecule has 2 aromatic rings. The van der Waals surface area contributed by atoms with Gasteiger partial charge in [-0.15, -0.1) is 0 Å². The number of sulfone groups is 1. The third kappa shape index (κ3) is 4.72. The van der Waals surface area contributed by atoms with Crippen molar-refractivity contribution in [3.8, 4) is 11.1 Å². The first kappa shape index (κ1) is 28.5. The highest BCUT2D eigenvalue weighted by Gasteiger charge is 2.56. The van der Waals surface area contributed by atoms with E-state index >= 15 is 0 Å². The van der Waals surface area contributed by atoms with Gasteiger partial charge in [0.05, 0.1) is 6.04 Å². The summed E-state index contributed by atoms with van der Waals surface area (Å²) in [6.07, 6.45) is 4.50. The summed E-state index contributed by atoms with van der Waals surface area (Å²) in [7, 11) is -4.17. The van der Waals surface area contributed by atoms with E-state index in [0.717, 1.165) is 36.3 Å². The third-order valence-electron chi connectivity index (χ3n) is 9.37. The normalized spacial score (nSPS) is 26.8. The molecule has 2 saturated heterocycles. The number of fused-ring (bicyclic) bond motifs is 4. The molecule has 0 radical (unpaired) electrons. The smallest absolute Gasteiger partial charge is 0.264 e. The summed E-state index contributed by atoms with van der Waals surface area (Å²) in [5.41, 5.74) is 0.418. The van der Waals surface area contributed by atoms with Crippen LogP contribution in [0.1, 0.15) is 43.2 Å². The van der Waals surface area contributed by atoms with E-state index in [1.165, 1.54) is 4.90 Å². The van der Waals surface area contributed by atoms with Gasteiger partial charge in [-0.3, -0.25) is 14.4 Å². The number of nitrogens with zero attached hydrogens (tertiary/aromatic N) is 1. The molecule has 2 aliphatic carbocycles. The Kier molecular flexibility index (Phi) is 7.21. The fourth-order valence-electron chi connectivity index (χ4n) is 7.40. The maximum atomic E-state index is 14.6. The van der Waals surface area contributed by atoms with E-state index in [0.29, 0.717) is 30.5 Å². The molecular formula is C31H34FN3O6S. The first-order valence-electron chi connectivity index (χ1n) is 14.4. The fraction of sp³-hybridized carbons (Fsp3) is 0.452. The van der Waals surface area contributed by atoms with Gasteiger partial charge in [-0.2, -0.15) is 4.39 Å². The lowest BCUT2D eigenvalue weighted by molar-refractivity contribution is -0.152. The van der Waals surface area contributed by atoms with Crippen molar-refractivity contribution in [2.24, 2.45) is 17.8 Å². The summed E-state index contributed by atoms with van der Waals surface area (Å²) in [5, 5.41) is 16.3. The van der Waals surface area contributed by atoms with Crippen LogP contribution < -0.4 is 10.6 Å². The van der Waals surface area contributed by atoms with Gasteiger partial charge in [-0.25, -0.2) is 8.42 Å². The van der Waals surface area contributed by atoms with Crippen LogP contribution in [0.25, 0.3) is 11.1 Å². The fourth-order valence-corrected chi connectivity index (χ4v) is 7.81. The Morgan fingerprint density at radius 3 is 2.36 bits per heavy atom. The summed E-state index contributed by atoms with van der Waals surface area (Å²) in [6, 6.07) is 12.3. The molecule has 2 aliphatic heterocycles. The molecule has 42 heavy (non-hydrogen) atoms. The van der Waals surface area contributed by atoms with Crippen LogP contribution in [0.5, 0.6) is 0 Å². The number of halogens is 1. The molecule has 222 valence electrons. The Balaban J connectivity index is 1.34. The molecule has 9 nitrogen and oxygen atoms in total. The summed E-state index contributed by atoms with van der Waals surface area (Å²) in [5.74, 6) is -2.02. The van der Waals surface area contributed by atoms with E-state index in [1.807, 2.05) is 24.3 Å². The molecule has 2 aromatic carbocycles. The number of amides is 3. The topological polar surface area (TPSA) is 133 Å². The number of likely N-dealkylation sites (tertiary alicyclic amines) is 1. The van der Waals surface area contributed by atoms with Gasteiger partial charge in [-0.05, 0) is 54.7 Å². The molecule has 3 N–H and O–H groups in total. The summed E-state index contributed by atoms with van der Waals surface area (Å²) in [6.45, 7) is 0.732. The highest BCUT2D eigenvalue weighted by molar-refractivity contribution is 7.94. The van der Waals surface area contributed by atoms with Crippen LogP contribution in [0.2, 0.25) is 0 Å². The quantitative estimate of drug-likeness (QED) is 0.451. The predicted molar refractivity (Wildman–Crippen MR) is 153 cm³/mol. The summed E-state index contributed by atoms with van der Waals surface area (Å²) < 4.78 is 38.4. The average molecular weight is 596 g/mol. The number of aliphatic hydroxyl groups is 1. The second kappa shape index (κ2) is 10.6. The van der Waals surface area contributed by atoms with E-state index in [1.54, 1.807) is 24.3 Å². The van der Waals surface area contributed by atoms with Crippen LogP contribution in [0, 0.1) is 17.8 Å². The number of hydrogen-bond donors (Lipinski definition) is 3. The Bertz CT molecular complexity index is 1540. The van der Waals surface area contributed by atoms with Crippen LogP contribution in [0.3, 0.4) is 0 Å². The Hall–Kier alpha value is -3.57. The Morgan fingerprint density at radius 2 is 1.76 bits per heavy atom. The van der Waals surface area contributed by atoms with Crippen LogP contribution in [-0.4, -0.2) is 67.6 Å². The maximum absolute atomic E-state index is 14.6. The van der Waals surface area contributed by atoms with Crippen LogP contribution in [-0.2, 0) is 29.8 Å². The molecule has 3 amide bonds. The van der Waals surface area contributed by atoms with Crippen molar-refractivity contribution in [1.82, 2.24) is 15.5 Å². The van der Waals surface area contributed by atoms with E-state index in [4.69, 9.17) is 0 Å². The Labute approximate surface area is 244 Å². The van der Waals surface area contributed by atoms with E-state index in [2.05, 4.69) is 10.6 Å². The van der Waals surface area contributed by atoms with Crippen molar-refractivity contribution in [2.45, 2.75) is 49.8 Å². The van der Waals surface area contributed by atoms with Gasteiger partial charge in [0.2, 0.25) is 26.8 Å². The van der Waals surface area contributed by atoms with E-state index in [-0.39, 0.29) is 30.7 Å². The minimum atomic E-state index is -4.17. The third-order valence-corrected chi connectivity index (χ3v) is 10.2. The lowest BCUT2D eigenvalue weighted by atomic mass is 9.88. The van der Waals surface area contributed by atoms with Gasteiger partial charge in [-0.1, -0.05) is 55.0 Å². The SMILES string of the molecule is CS(=O)(=O)/C(F)=C/[C@@H](C[C@@H]1CCNC1=O)NC(=O)[C@@H]1[C@H]2CCC[C@H]2CN1C(=O)C1(O)c2ccccc2-c2ccccc21. The van der Waals surface area contributed by atoms with Gasteiger partial charge < -0.3 is 20.6 Å². The number of benzene rings is 2. The highest BCUT2D eigenvalue weighted by atomic mass is 32.2. The van der Waals surface area contributed by atoms with Crippen LogP contribution in [0.4, 0.5) is 4.39 Å². The molecule has 1 saturated carbocycles. The zero-order valence-electron chi connectivity index (χ0n) is 23.3. The minimum absolute atomic E-state index is 0.0139. The van der Waals surface area contributed by atoms with Gasteiger partial charge in [0.15, 0.2) is 5.60 Å². The molecule has 0 bridgehead atoms. The molecule has 0 spiro atoms. The van der Waals surface area contributed by atoms with Crippen molar-refractivity contribution in [2.75, 3.05) is 19.3 Å². The van der Waals surface area contributed by atoms with Crippen molar-refractivity contribution < 1.29 is 32.3 Å². The first-order chi connectivity index (χ1) is 20.0. The molecule has 3 fully saturated rings. The van der Waals surface area contributed by atoms with Crippen molar-refractivity contribution >= 4 is 27.6 Å². The van der Waals surface area contributed by atoms with Crippen molar-refractivity contribution in [3.05, 3.63) is 70.9 Å². The Morgan fingerprint density at radius 1 is 1.12 bits per heavy atom. The minimum Gasteiger partial charge on any atom is -0.372 e. The molecule has 6 rings (SSSR count). The lowest BCUT2D eigenvalue weighted by Crippen LogP contribution is -2.55. The number of hydrogen-bond acceptors (Lipinski definition) is 6. The monoisotopic (exact) mass is 595 g/mol. The molecule has 4 aliphatic rings. The van der Waals surface area contributed by atoms with Crippen LogP contribution in [0.15, 0.2) is 59.8 Å².